The van der Waals surface area contributed by atoms with Gasteiger partial charge in [0.15, 0.2) is 5.65 Å². The van der Waals surface area contributed by atoms with Crippen LogP contribution in [0.3, 0.4) is 0 Å². The smallest absolute Gasteiger partial charge is 0.157 e. The van der Waals surface area contributed by atoms with Crippen molar-refractivity contribution in [2.75, 3.05) is 31.1 Å². The van der Waals surface area contributed by atoms with Crippen LogP contribution >= 0.6 is 0 Å². The van der Waals surface area contributed by atoms with Crippen molar-refractivity contribution < 1.29 is 0 Å². The van der Waals surface area contributed by atoms with E-state index in [0.29, 0.717) is 5.92 Å². The van der Waals surface area contributed by atoms with Crippen molar-refractivity contribution in [1.29, 1.82) is 0 Å². The molecule has 1 aliphatic carbocycles. The van der Waals surface area contributed by atoms with Gasteiger partial charge in [-0.05, 0) is 24.3 Å². The van der Waals surface area contributed by atoms with E-state index in [1.165, 1.54) is 35.9 Å². The van der Waals surface area contributed by atoms with Gasteiger partial charge in [0.05, 0.1) is 17.3 Å². The number of fused-ring (bicyclic) bond motifs is 1. The predicted octanol–water partition coefficient (Wildman–Crippen LogP) is 1.63. The summed E-state index contributed by atoms with van der Waals surface area (Å²) in [6, 6.07) is 0. The van der Waals surface area contributed by atoms with Crippen LogP contribution in [0.15, 0.2) is 12.4 Å². The standard InChI is InChI=1S/C14H19N5/c1-2-10(3-1)11-8-16-14-12(9-17-18-14)13(11)19-6-4-15-5-7-19/h8-10,15H,1-7H2,(H,16,17,18). The summed E-state index contributed by atoms with van der Waals surface area (Å²) < 4.78 is 0. The fourth-order valence-electron chi connectivity index (χ4n) is 3.16. The number of nitrogens with zero attached hydrogens (tertiary/aromatic N) is 3. The summed E-state index contributed by atoms with van der Waals surface area (Å²) in [6.07, 6.45) is 7.98. The van der Waals surface area contributed by atoms with Gasteiger partial charge in [-0.15, -0.1) is 0 Å². The SMILES string of the molecule is c1nc2[nH]ncc2c(N2CCNCC2)c1C1CCC1. The fraction of sp³-hybridized carbons (Fsp3) is 0.571. The molecule has 100 valence electrons. The number of nitrogens with one attached hydrogen (secondary N) is 2. The minimum absolute atomic E-state index is 0.705. The van der Waals surface area contributed by atoms with Crippen LogP contribution in [0.1, 0.15) is 30.7 Å². The van der Waals surface area contributed by atoms with E-state index in [4.69, 9.17) is 0 Å². The second kappa shape index (κ2) is 4.49. The summed E-state index contributed by atoms with van der Waals surface area (Å²) in [6.45, 7) is 4.27. The van der Waals surface area contributed by atoms with E-state index >= 15 is 0 Å². The molecule has 0 amide bonds. The van der Waals surface area contributed by atoms with Gasteiger partial charge < -0.3 is 10.2 Å². The topological polar surface area (TPSA) is 56.8 Å². The Hall–Kier alpha value is -1.62. The van der Waals surface area contributed by atoms with E-state index in [1.54, 1.807) is 0 Å². The maximum Gasteiger partial charge on any atom is 0.157 e. The molecule has 0 bridgehead atoms. The van der Waals surface area contributed by atoms with E-state index in [-0.39, 0.29) is 0 Å². The third kappa shape index (κ3) is 1.80. The van der Waals surface area contributed by atoms with Gasteiger partial charge in [-0.1, -0.05) is 6.42 Å². The Labute approximate surface area is 112 Å². The molecule has 0 atom stereocenters. The molecule has 0 unspecified atom stereocenters. The van der Waals surface area contributed by atoms with Gasteiger partial charge in [0.1, 0.15) is 0 Å². The van der Waals surface area contributed by atoms with E-state index in [0.717, 1.165) is 31.8 Å². The molecule has 4 rings (SSSR count). The highest BCUT2D eigenvalue weighted by Gasteiger charge is 2.27. The molecule has 1 aliphatic heterocycles. The van der Waals surface area contributed by atoms with E-state index < -0.39 is 0 Å². The summed E-state index contributed by atoms with van der Waals surface area (Å²) in [5.41, 5.74) is 3.73. The molecule has 0 aromatic carbocycles. The van der Waals surface area contributed by atoms with Crippen LogP contribution in [0.2, 0.25) is 0 Å². The molecule has 2 aromatic heterocycles. The fourth-order valence-corrected chi connectivity index (χ4v) is 3.16. The molecule has 0 radical (unpaired) electrons. The number of aromatic amines is 1. The second-order valence-corrected chi connectivity index (χ2v) is 5.56. The zero-order chi connectivity index (χ0) is 12.7. The summed E-state index contributed by atoms with van der Waals surface area (Å²) in [5.74, 6) is 0.705. The number of piperazine rings is 1. The lowest BCUT2D eigenvalue weighted by Gasteiger charge is -2.35. The van der Waals surface area contributed by atoms with E-state index in [1.807, 2.05) is 6.20 Å². The van der Waals surface area contributed by atoms with E-state index in [9.17, 15) is 0 Å². The van der Waals surface area contributed by atoms with Crippen molar-refractivity contribution in [3.8, 4) is 0 Å². The lowest BCUT2D eigenvalue weighted by atomic mass is 9.79. The maximum atomic E-state index is 4.54. The third-order valence-corrected chi connectivity index (χ3v) is 4.46. The zero-order valence-corrected chi connectivity index (χ0v) is 11.0. The summed E-state index contributed by atoms with van der Waals surface area (Å²) in [5, 5.41) is 11.8. The quantitative estimate of drug-likeness (QED) is 0.858. The minimum Gasteiger partial charge on any atom is -0.368 e. The Morgan fingerprint density at radius 3 is 2.74 bits per heavy atom. The Morgan fingerprint density at radius 2 is 2.00 bits per heavy atom. The number of rotatable bonds is 2. The number of pyridine rings is 1. The monoisotopic (exact) mass is 257 g/mol. The lowest BCUT2D eigenvalue weighted by Crippen LogP contribution is -2.44. The van der Waals surface area contributed by atoms with Crippen LogP contribution in [0, 0.1) is 0 Å². The van der Waals surface area contributed by atoms with Crippen molar-refractivity contribution in [3.63, 3.8) is 0 Å². The zero-order valence-electron chi connectivity index (χ0n) is 11.0. The van der Waals surface area contributed by atoms with Crippen LogP contribution < -0.4 is 10.2 Å². The average molecular weight is 257 g/mol. The van der Waals surface area contributed by atoms with Gasteiger partial charge in [0.2, 0.25) is 0 Å². The highest BCUT2D eigenvalue weighted by molar-refractivity contribution is 5.91. The van der Waals surface area contributed by atoms with E-state index in [2.05, 4.69) is 31.6 Å². The van der Waals surface area contributed by atoms with Crippen LogP contribution in [-0.2, 0) is 0 Å². The highest BCUT2D eigenvalue weighted by Crippen LogP contribution is 2.42. The normalized spacial score (nSPS) is 20.7. The number of anilines is 1. The van der Waals surface area contributed by atoms with Gasteiger partial charge in [-0.3, -0.25) is 5.10 Å². The first kappa shape index (κ1) is 11.2. The van der Waals surface area contributed by atoms with Gasteiger partial charge in [0, 0.05) is 32.4 Å². The Kier molecular flexibility index (Phi) is 2.65. The maximum absolute atomic E-state index is 4.54. The minimum atomic E-state index is 0.705. The lowest BCUT2D eigenvalue weighted by molar-refractivity contribution is 0.418. The molecule has 1 saturated carbocycles. The largest absolute Gasteiger partial charge is 0.368 e. The molecule has 2 aliphatic rings. The van der Waals surface area contributed by atoms with Crippen molar-refractivity contribution in [3.05, 3.63) is 18.0 Å². The molecule has 2 fully saturated rings. The van der Waals surface area contributed by atoms with Crippen LogP contribution in [0.25, 0.3) is 11.0 Å². The van der Waals surface area contributed by atoms with Gasteiger partial charge >= 0.3 is 0 Å². The van der Waals surface area contributed by atoms with Crippen molar-refractivity contribution in [2.24, 2.45) is 0 Å². The molecule has 2 N–H and O–H groups in total. The number of aromatic nitrogens is 3. The molecule has 1 saturated heterocycles. The average Bonchev–Trinajstić information content (AvgIpc) is 2.86. The Bertz CT molecular complexity index is 581. The van der Waals surface area contributed by atoms with Crippen LogP contribution in [0.5, 0.6) is 0 Å². The van der Waals surface area contributed by atoms with Crippen molar-refractivity contribution in [2.45, 2.75) is 25.2 Å². The first-order chi connectivity index (χ1) is 9.43. The predicted molar refractivity (Wildman–Crippen MR) is 75.6 cm³/mol. The Morgan fingerprint density at radius 1 is 1.16 bits per heavy atom. The number of H-pyrrole nitrogens is 1. The van der Waals surface area contributed by atoms with Gasteiger partial charge in [-0.25, -0.2) is 4.98 Å². The summed E-state index contributed by atoms with van der Waals surface area (Å²) >= 11 is 0. The molecular weight excluding hydrogens is 238 g/mol. The molecule has 0 spiro atoms. The first-order valence-electron chi connectivity index (χ1n) is 7.21. The number of hydrogen-bond acceptors (Lipinski definition) is 4. The van der Waals surface area contributed by atoms with Crippen LogP contribution in [-0.4, -0.2) is 41.4 Å². The number of hydrogen-bond donors (Lipinski definition) is 2. The summed E-state index contributed by atoms with van der Waals surface area (Å²) in [4.78, 5) is 7.04. The third-order valence-electron chi connectivity index (χ3n) is 4.46. The molecule has 19 heavy (non-hydrogen) atoms. The van der Waals surface area contributed by atoms with Crippen molar-refractivity contribution >= 4 is 16.7 Å². The first-order valence-corrected chi connectivity index (χ1v) is 7.21. The van der Waals surface area contributed by atoms with Gasteiger partial charge in [-0.2, -0.15) is 5.10 Å². The molecule has 5 nitrogen and oxygen atoms in total. The molecule has 3 heterocycles. The van der Waals surface area contributed by atoms with Gasteiger partial charge in [0.25, 0.3) is 0 Å². The molecule has 5 heteroatoms. The molecular formula is C14H19N5. The molecule has 2 aromatic rings. The van der Waals surface area contributed by atoms with Crippen LogP contribution in [0.4, 0.5) is 5.69 Å². The Balaban J connectivity index is 1.84. The highest BCUT2D eigenvalue weighted by atomic mass is 15.2. The van der Waals surface area contributed by atoms with Crippen molar-refractivity contribution in [1.82, 2.24) is 20.5 Å². The second-order valence-electron chi connectivity index (χ2n) is 5.56. The summed E-state index contributed by atoms with van der Waals surface area (Å²) in [7, 11) is 0.